The summed E-state index contributed by atoms with van der Waals surface area (Å²) in [4.78, 5) is 6.84. The number of pyridine rings is 1. The standard InChI is InChI=1S/C12H23NO3Si.C5H5N/c1-4-14-17(15-5-2,16-6-3)10-8-12-7-9-13-11-12;1-2-4-6-5-3-1/h7,9,11,13H,4-6,8,10H2,1-3H3;1-5H. The normalized spacial score (nSPS) is 10.9. The fourth-order valence-electron chi connectivity index (χ4n) is 2.13. The van der Waals surface area contributed by atoms with Crippen LogP contribution in [-0.2, 0) is 19.7 Å². The van der Waals surface area contributed by atoms with Crippen LogP contribution in [0, 0.1) is 0 Å². The summed E-state index contributed by atoms with van der Waals surface area (Å²) in [6.45, 7) is 7.86. The lowest BCUT2D eigenvalue weighted by atomic mass is 10.3. The van der Waals surface area contributed by atoms with E-state index in [4.69, 9.17) is 13.3 Å². The van der Waals surface area contributed by atoms with Crippen LogP contribution in [0.15, 0.2) is 49.1 Å². The predicted octanol–water partition coefficient (Wildman–Crippen LogP) is 3.69. The van der Waals surface area contributed by atoms with Crippen LogP contribution in [0.3, 0.4) is 0 Å². The van der Waals surface area contributed by atoms with Crippen LogP contribution in [0.1, 0.15) is 26.3 Å². The van der Waals surface area contributed by atoms with Crippen molar-refractivity contribution in [2.24, 2.45) is 0 Å². The molecule has 0 aliphatic carbocycles. The Morgan fingerprint density at radius 2 is 1.57 bits per heavy atom. The summed E-state index contributed by atoms with van der Waals surface area (Å²) in [6.07, 6.45) is 8.36. The minimum atomic E-state index is -2.47. The first-order valence-corrected chi connectivity index (χ1v) is 10.1. The molecule has 0 amide bonds. The number of rotatable bonds is 9. The summed E-state index contributed by atoms with van der Waals surface area (Å²) in [6, 6.07) is 8.62. The molecule has 1 N–H and O–H groups in total. The van der Waals surface area contributed by atoms with Crippen molar-refractivity contribution in [3.8, 4) is 0 Å². The maximum atomic E-state index is 5.79. The van der Waals surface area contributed by atoms with Gasteiger partial charge in [-0.25, -0.2) is 0 Å². The molecule has 0 aliphatic heterocycles. The molecule has 2 heterocycles. The van der Waals surface area contributed by atoms with Gasteiger partial charge >= 0.3 is 8.80 Å². The zero-order chi connectivity index (χ0) is 16.8. The van der Waals surface area contributed by atoms with E-state index in [0.29, 0.717) is 19.8 Å². The van der Waals surface area contributed by atoms with Crippen molar-refractivity contribution < 1.29 is 13.3 Å². The van der Waals surface area contributed by atoms with Crippen molar-refractivity contribution in [1.82, 2.24) is 9.97 Å². The number of H-pyrrole nitrogens is 1. The van der Waals surface area contributed by atoms with Crippen LogP contribution in [-0.4, -0.2) is 38.6 Å². The van der Waals surface area contributed by atoms with Gasteiger partial charge in [0.1, 0.15) is 0 Å². The van der Waals surface area contributed by atoms with Gasteiger partial charge in [0, 0.05) is 50.7 Å². The quantitative estimate of drug-likeness (QED) is 0.710. The van der Waals surface area contributed by atoms with Crippen molar-refractivity contribution in [2.75, 3.05) is 19.8 Å². The van der Waals surface area contributed by atoms with E-state index in [1.54, 1.807) is 12.4 Å². The molecule has 0 aromatic carbocycles. The number of hydrogen-bond acceptors (Lipinski definition) is 4. The smallest absolute Gasteiger partial charge is 0.374 e. The molecule has 128 valence electrons. The molecule has 5 nitrogen and oxygen atoms in total. The second kappa shape index (κ2) is 12.0. The fourth-order valence-corrected chi connectivity index (χ4v) is 4.72. The average Bonchev–Trinajstić information content (AvgIpc) is 3.10. The van der Waals surface area contributed by atoms with Gasteiger partial charge < -0.3 is 18.3 Å². The average molecular weight is 337 g/mol. The van der Waals surface area contributed by atoms with Crippen molar-refractivity contribution in [1.29, 1.82) is 0 Å². The summed E-state index contributed by atoms with van der Waals surface area (Å²) in [5.41, 5.74) is 1.26. The molecular formula is C17H28N2O3Si. The molecule has 23 heavy (non-hydrogen) atoms. The molecular weight excluding hydrogens is 308 g/mol. The molecule has 0 atom stereocenters. The highest BCUT2D eigenvalue weighted by molar-refractivity contribution is 6.60. The van der Waals surface area contributed by atoms with E-state index < -0.39 is 8.80 Å². The summed E-state index contributed by atoms with van der Waals surface area (Å²) >= 11 is 0. The summed E-state index contributed by atoms with van der Waals surface area (Å²) in [5.74, 6) is 0. The topological polar surface area (TPSA) is 56.4 Å². The van der Waals surface area contributed by atoms with Gasteiger partial charge in [-0.15, -0.1) is 0 Å². The lowest BCUT2D eigenvalue weighted by molar-refractivity contribution is 0.0714. The third kappa shape index (κ3) is 8.08. The molecule has 0 aliphatic rings. The first-order chi connectivity index (χ1) is 11.3. The van der Waals surface area contributed by atoms with Crippen LogP contribution < -0.4 is 0 Å². The Balaban J connectivity index is 0.000000366. The summed E-state index contributed by atoms with van der Waals surface area (Å²) in [5, 5.41) is 0. The molecule has 6 heteroatoms. The lowest BCUT2D eigenvalue weighted by Crippen LogP contribution is -2.46. The Hall–Kier alpha value is -1.47. The Morgan fingerprint density at radius 1 is 0.957 bits per heavy atom. The number of hydrogen-bond donors (Lipinski definition) is 1. The molecule has 0 bridgehead atoms. The number of aromatic nitrogens is 2. The molecule has 2 aromatic heterocycles. The largest absolute Gasteiger partial charge is 0.501 e. The third-order valence-corrected chi connectivity index (χ3v) is 6.09. The summed E-state index contributed by atoms with van der Waals surface area (Å²) < 4.78 is 17.4. The van der Waals surface area contributed by atoms with Crippen LogP contribution in [0.4, 0.5) is 0 Å². The SMILES string of the molecule is CCO[Si](CCc1cc[nH]c1)(OCC)OCC.c1ccncc1. The van der Waals surface area contributed by atoms with Gasteiger partial charge in [-0.3, -0.25) is 4.98 Å². The van der Waals surface area contributed by atoms with Crippen molar-refractivity contribution in [3.05, 3.63) is 54.6 Å². The highest BCUT2D eigenvalue weighted by atomic mass is 28.4. The van der Waals surface area contributed by atoms with Crippen LogP contribution in [0.25, 0.3) is 0 Å². The zero-order valence-electron chi connectivity index (χ0n) is 14.3. The molecule has 2 aromatic rings. The van der Waals surface area contributed by atoms with Crippen molar-refractivity contribution in [2.45, 2.75) is 33.2 Å². The second-order valence-electron chi connectivity index (χ2n) is 4.73. The molecule has 0 saturated carbocycles. The van der Waals surface area contributed by atoms with Crippen LogP contribution in [0.5, 0.6) is 0 Å². The number of aryl methyl sites for hydroxylation is 1. The Morgan fingerprint density at radius 3 is 1.91 bits per heavy atom. The molecule has 0 fully saturated rings. The molecule has 0 unspecified atom stereocenters. The molecule has 0 radical (unpaired) electrons. The Labute approximate surface area is 140 Å². The molecule has 0 saturated heterocycles. The highest BCUT2D eigenvalue weighted by Gasteiger charge is 2.39. The van der Waals surface area contributed by atoms with Gasteiger partial charge in [0.25, 0.3) is 0 Å². The Kier molecular flexibility index (Phi) is 10.2. The van der Waals surface area contributed by atoms with Crippen LogP contribution >= 0.6 is 0 Å². The maximum absolute atomic E-state index is 5.79. The first-order valence-electron chi connectivity index (χ1n) is 8.14. The highest BCUT2D eigenvalue weighted by Crippen LogP contribution is 2.19. The van der Waals surface area contributed by atoms with Crippen molar-refractivity contribution in [3.63, 3.8) is 0 Å². The fraction of sp³-hybridized carbons (Fsp3) is 0.471. The maximum Gasteiger partial charge on any atom is 0.501 e. The lowest BCUT2D eigenvalue weighted by Gasteiger charge is -2.28. The molecule has 2 rings (SSSR count). The van der Waals surface area contributed by atoms with Gasteiger partial charge in [0.05, 0.1) is 0 Å². The van der Waals surface area contributed by atoms with E-state index in [-0.39, 0.29) is 0 Å². The van der Waals surface area contributed by atoms with E-state index in [0.717, 1.165) is 12.5 Å². The molecule has 0 spiro atoms. The Bertz CT molecular complexity index is 436. The first kappa shape index (κ1) is 19.6. The second-order valence-corrected chi connectivity index (χ2v) is 7.46. The van der Waals surface area contributed by atoms with Gasteiger partial charge in [-0.2, -0.15) is 0 Å². The van der Waals surface area contributed by atoms with Crippen LogP contribution in [0.2, 0.25) is 6.04 Å². The van der Waals surface area contributed by atoms with Crippen molar-refractivity contribution >= 4 is 8.80 Å². The van der Waals surface area contributed by atoms with E-state index in [1.807, 2.05) is 51.4 Å². The van der Waals surface area contributed by atoms with Gasteiger partial charge in [-0.1, -0.05) is 6.07 Å². The third-order valence-electron chi connectivity index (χ3n) is 3.04. The number of nitrogens with one attached hydrogen (secondary N) is 1. The summed E-state index contributed by atoms with van der Waals surface area (Å²) in [7, 11) is -2.47. The van der Waals surface area contributed by atoms with E-state index in [1.165, 1.54) is 5.56 Å². The minimum Gasteiger partial charge on any atom is -0.374 e. The predicted molar refractivity (Wildman–Crippen MR) is 94.2 cm³/mol. The monoisotopic (exact) mass is 336 g/mol. The zero-order valence-corrected chi connectivity index (χ0v) is 15.3. The number of aromatic amines is 1. The van der Waals surface area contributed by atoms with E-state index in [2.05, 4.69) is 16.0 Å². The minimum absolute atomic E-state index is 0.638. The van der Waals surface area contributed by atoms with E-state index >= 15 is 0 Å². The van der Waals surface area contributed by atoms with E-state index in [9.17, 15) is 0 Å². The van der Waals surface area contributed by atoms with Gasteiger partial charge in [-0.05, 0) is 51.0 Å². The van der Waals surface area contributed by atoms with Gasteiger partial charge in [0.15, 0.2) is 0 Å². The van der Waals surface area contributed by atoms with Gasteiger partial charge in [0.2, 0.25) is 0 Å². The number of nitrogens with zero attached hydrogens (tertiary/aromatic N) is 1.